The molecule has 1 atom stereocenters. The Labute approximate surface area is 135 Å². The molecule has 0 bridgehead atoms. The highest BCUT2D eigenvalue weighted by molar-refractivity contribution is 6.32. The lowest BCUT2D eigenvalue weighted by Gasteiger charge is -2.32. The fourth-order valence-corrected chi connectivity index (χ4v) is 2.34. The van der Waals surface area contributed by atoms with Crippen LogP contribution in [0, 0.1) is 0 Å². The van der Waals surface area contributed by atoms with Crippen molar-refractivity contribution in [1.82, 2.24) is 5.32 Å². The summed E-state index contributed by atoms with van der Waals surface area (Å²) in [4.78, 5) is 23.3. The molecule has 0 radical (unpaired) electrons. The predicted molar refractivity (Wildman–Crippen MR) is 85.3 cm³/mol. The molecule has 122 valence electrons. The molecule has 1 aromatic rings. The topological polar surface area (TPSA) is 75.6 Å². The molecule has 22 heavy (non-hydrogen) atoms. The van der Waals surface area contributed by atoms with Gasteiger partial charge in [0, 0.05) is 0 Å². The Morgan fingerprint density at radius 2 is 1.91 bits per heavy atom. The highest BCUT2D eigenvalue weighted by Crippen LogP contribution is 2.25. The van der Waals surface area contributed by atoms with Crippen molar-refractivity contribution in [2.24, 2.45) is 0 Å². The predicted octanol–water partition coefficient (Wildman–Crippen LogP) is 3.26. The molecule has 1 unspecified atom stereocenters. The number of ether oxygens (including phenoxy) is 1. The third kappa shape index (κ3) is 4.91. The van der Waals surface area contributed by atoms with Gasteiger partial charge in [-0.15, -0.1) is 0 Å². The van der Waals surface area contributed by atoms with Gasteiger partial charge in [-0.05, 0) is 31.9 Å². The molecule has 0 spiro atoms. The van der Waals surface area contributed by atoms with Crippen molar-refractivity contribution in [3.63, 3.8) is 0 Å². The van der Waals surface area contributed by atoms with E-state index in [1.165, 1.54) is 0 Å². The summed E-state index contributed by atoms with van der Waals surface area (Å²) < 4.78 is 5.56. The monoisotopic (exact) mass is 327 g/mol. The summed E-state index contributed by atoms with van der Waals surface area (Å²) in [5, 5.41) is 12.3. The normalized spacial score (nSPS) is 12.5. The Morgan fingerprint density at radius 3 is 2.41 bits per heavy atom. The van der Waals surface area contributed by atoms with Gasteiger partial charge in [-0.1, -0.05) is 37.6 Å². The number of hydrogen-bond acceptors (Lipinski definition) is 3. The van der Waals surface area contributed by atoms with Crippen molar-refractivity contribution in [1.29, 1.82) is 0 Å². The van der Waals surface area contributed by atoms with Crippen LogP contribution in [0.1, 0.15) is 40.0 Å². The molecular weight excluding hydrogens is 306 g/mol. The van der Waals surface area contributed by atoms with E-state index in [-0.39, 0.29) is 12.3 Å². The molecule has 0 heterocycles. The first-order chi connectivity index (χ1) is 10.3. The largest absolute Gasteiger partial charge is 0.481 e. The first-order valence-corrected chi connectivity index (χ1v) is 7.66. The molecule has 6 heteroatoms. The van der Waals surface area contributed by atoms with E-state index in [0.29, 0.717) is 23.6 Å². The summed E-state index contributed by atoms with van der Waals surface area (Å²) in [6.07, 6.45) is 0.164. The second-order valence-electron chi connectivity index (χ2n) is 5.24. The highest BCUT2D eigenvalue weighted by Gasteiger charge is 2.32. The Bertz CT molecular complexity index is 529. The molecule has 1 aromatic carbocycles. The maximum Gasteiger partial charge on any atom is 0.305 e. The van der Waals surface area contributed by atoms with Crippen molar-refractivity contribution >= 4 is 23.5 Å². The second-order valence-corrected chi connectivity index (χ2v) is 5.64. The summed E-state index contributed by atoms with van der Waals surface area (Å²) in [5.41, 5.74) is -0.763. The van der Waals surface area contributed by atoms with E-state index in [0.717, 1.165) is 0 Å². The number of carboxylic acids is 1. The van der Waals surface area contributed by atoms with Gasteiger partial charge in [-0.25, -0.2) is 0 Å². The lowest BCUT2D eigenvalue weighted by Crippen LogP contribution is -2.52. The molecule has 0 aliphatic heterocycles. The number of carboxylic acid groups (broad SMARTS) is 1. The Kier molecular flexibility index (Phi) is 6.68. The average Bonchev–Trinajstić information content (AvgIpc) is 2.48. The van der Waals surface area contributed by atoms with Crippen LogP contribution < -0.4 is 10.1 Å². The van der Waals surface area contributed by atoms with Crippen LogP contribution in [0.25, 0.3) is 0 Å². The molecular formula is C16H22ClNO4. The first kappa shape index (κ1) is 18.3. The van der Waals surface area contributed by atoms with E-state index < -0.39 is 17.6 Å². The molecule has 1 amide bonds. The molecule has 0 aliphatic rings. The number of benzene rings is 1. The third-order valence-electron chi connectivity index (χ3n) is 3.74. The zero-order valence-corrected chi connectivity index (χ0v) is 13.8. The van der Waals surface area contributed by atoms with Gasteiger partial charge in [0.25, 0.3) is 5.91 Å². The van der Waals surface area contributed by atoms with Gasteiger partial charge in [0.2, 0.25) is 0 Å². The fraction of sp³-hybridized carbons (Fsp3) is 0.500. The van der Waals surface area contributed by atoms with Gasteiger partial charge >= 0.3 is 5.97 Å². The maximum atomic E-state index is 12.3. The van der Waals surface area contributed by atoms with E-state index in [2.05, 4.69) is 5.32 Å². The van der Waals surface area contributed by atoms with Gasteiger partial charge in [0.1, 0.15) is 5.75 Å². The molecule has 5 nitrogen and oxygen atoms in total. The SMILES string of the molecule is CCC(CC)(CC(=O)O)NC(=O)C(C)Oc1ccccc1Cl. The van der Waals surface area contributed by atoms with Gasteiger partial charge < -0.3 is 15.2 Å². The van der Waals surface area contributed by atoms with Crippen LogP contribution in [-0.2, 0) is 9.59 Å². The van der Waals surface area contributed by atoms with Crippen LogP contribution in [-0.4, -0.2) is 28.6 Å². The number of nitrogens with one attached hydrogen (secondary N) is 1. The minimum atomic E-state index is -0.941. The standard InChI is InChI=1S/C16H22ClNO4/c1-4-16(5-2,10-14(19)20)18-15(21)11(3)22-13-9-7-6-8-12(13)17/h6-9,11H,4-5,10H2,1-3H3,(H,18,21)(H,19,20). The summed E-state index contributed by atoms with van der Waals surface area (Å²) in [7, 11) is 0. The van der Waals surface area contributed by atoms with E-state index in [4.69, 9.17) is 21.4 Å². The lowest BCUT2D eigenvalue weighted by atomic mass is 9.88. The Hall–Kier alpha value is -1.75. The van der Waals surface area contributed by atoms with E-state index >= 15 is 0 Å². The molecule has 1 rings (SSSR count). The van der Waals surface area contributed by atoms with Crippen molar-refractivity contribution in [3.05, 3.63) is 29.3 Å². The Morgan fingerprint density at radius 1 is 1.32 bits per heavy atom. The van der Waals surface area contributed by atoms with Crippen LogP contribution in [0.4, 0.5) is 0 Å². The highest BCUT2D eigenvalue weighted by atomic mass is 35.5. The zero-order valence-electron chi connectivity index (χ0n) is 13.1. The fourth-order valence-electron chi connectivity index (χ4n) is 2.16. The minimum Gasteiger partial charge on any atom is -0.481 e. The summed E-state index contributed by atoms with van der Waals surface area (Å²) in [5.74, 6) is -0.878. The van der Waals surface area contributed by atoms with Crippen molar-refractivity contribution in [2.75, 3.05) is 0 Å². The van der Waals surface area contributed by atoms with E-state index in [1.54, 1.807) is 31.2 Å². The van der Waals surface area contributed by atoms with Crippen LogP contribution in [0.5, 0.6) is 5.75 Å². The molecule has 0 aromatic heterocycles. The third-order valence-corrected chi connectivity index (χ3v) is 4.05. The molecule has 0 fully saturated rings. The molecule has 0 aliphatic carbocycles. The number of carbonyl (C=O) groups is 2. The lowest BCUT2D eigenvalue weighted by molar-refractivity contribution is -0.139. The van der Waals surface area contributed by atoms with E-state index in [1.807, 2.05) is 13.8 Å². The number of rotatable bonds is 8. The van der Waals surface area contributed by atoms with Crippen LogP contribution >= 0.6 is 11.6 Å². The first-order valence-electron chi connectivity index (χ1n) is 7.28. The Balaban J connectivity index is 2.77. The zero-order chi connectivity index (χ0) is 16.8. The number of halogens is 1. The molecule has 0 saturated carbocycles. The van der Waals surface area contributed by atoms with Crippen LogP contribution in [0.3, 0.4) is 0 Å². The van der Waals surface area contributed by atoms with E-state index in [9.17, 15) is 9.59 Å². The smallest absolute Gasteiger partial charge is 0.305 e. The summed E-state index contributed by atoms with van der Waals surface area (Å²) in [6.45, 7) is 5.31. The van der Waals surface area contributed by atoms with Crippen molar-refractivity contribution in [2.45, 2.75) is 51.7 Å². The molecule has 2 N–H and O–H groups in total. The van der Waals surface area contributed by atoms with Gasteiger partial charge in [-0.2, -0.15) is 0 Å². The van der Waals surface area contributed by atoms with Crippen LogP contribution in [0.15, 0.2) is 24.3 Å². The van der Waals surface area contributed by atoms with Crippen molar-refractivity contribution < 1.29 is 19.4 Å². The number of carbonyl (C=O) groups excluding carboxylic acids is 1. The second kappa shape index (κ2) is 8.03. The number of aliphatic carboxylic acids is 1. The van der Waals surface area contributed by atoms with Gasteiger partial charge in [0.15, 0.2) is 6.10 Å². The van der Waals surface area contributed by atoms with Gasteiger partial charge in [0.05, 0.1) is 17.0 Å². The molecule has 0 saturated heterocycles. The van der Waals surface area contributed by atoms with Crippen molar-refractivity contribution in [3.8, 4) is 5.75 Å². The minimum absolute atomic E-state index is 0.120. The van der Waals surface area contributed by atoms with Gasteiger partial charge in [-0.3, -0.25) is 9.59 Å². The summed E-state index contributed by atoms with van der Waals surface area (Å²) >= 11 is 6.00. The number of para-hydroxylation sites is 1. The number of hydrogen-bond donors (Lipinski definition) is 2. The van der Waals surface area contributed by atoms with Crippen LogP contribution in [0.2, 0.25) is 5.02 Å². The summed E-state index contributed by atoms with van der Waals surface area (Å²) in [6, 6.07) is 6.88. The quantitative estimate of drug-likeness (QED) is 0.768. The number of amides is 1. The maximum absolute atomic E-state index is 12.3. The average molecular weight is 328 g/mol.